The first-order valence-electron chi connectivity index (χ1n) is 10.00. The lowest BCUT2D eigenvalue weighted by molar-refractivity contribution is 0.208. The van der Waals surface area contributed by atoms with Crippen molar-refractivity contribution < 1.29 is 9.60 Å². The van der Waals surface area contributed by atoms with Crippen LogP contribution in [-0.2, 0) is 13.0 Å². The summed E-state index contributed by atoms with van der Waals surface area (Å²) in [7, 11) is 0. The van der Waals surface area contributed by atoms with Crippen molar-refractivity contribution in [1.29, 1.82) is 0 Å². The van der Waals surface area contributed by atoms with Gasteiger partial charge >= 0.3 is 0 Å². The zero-order chi connectivity index (χ0) is 20.4. The van der Waals surface area contributed by atoms with E-state index in [0.717, 1.165) is 66.8 Å². The number of piperidine rings is 1. The van der Waals surface area contributed by atoms with Gasteiger partial charge in [-0.15, -0.1) is 0 Å². The Morgan fingerprint density at radius 2 is 2.00 bits per heavy atom. The van der Waals surface area contributed by atoms with Crippen molar-refractivity contribution >= 4 is 17.5 Å². The van der Waals surface area contributed by atoms with Gasteiger partial charge in [0.25, 0.3) is 5.56 Å². The number of rotatable bonds is 5. The van der Waals surface area contributed by atoms with Crippen molar-refractivity contribution in [2.45, 2.75) is 37.9 Å². The minimum absolute atomic E-state index is 0.110. The Morgan fingerprint density at radius 3 is 2.69 bits per heavy atom. The van der Waals surface area contributed by atoms with Gasteiger partial charge in [0.15, 0.2) is 5.16 Å². The van der Waals surface area contributed by atoms with E-state index in [1.807, 2.05) is 6.92 Å². The zero-order valence-electron chi connectivity index (χ0n) is 16.5. The van der Waals surface area contributed by atoms with Gasteiger partial charge in [-0.3, -0.25) is 9.36 Å². The highest BCUT2D eigenvalue weighted by molar-refractivity contribution is 7.99. The third-order valence-electron chi connectivity index (χ3n) is 5.88. The molecule has 154 valence electrons. The number of nitrogens with zero attached hydrogens (tertiary/aromatic N) is 4. The summed E-state index contributed by atoms with van der Waals surface area (Å²) in [5.74, 6) is 0.765. The fraction of sp³-hybridized carbons (Fsp3) is 0.476. The third kappa shape index (κ3) is 4.23. The second-order valence-corrected chi connectivity index (χ2v) is 8.68. The topological polar surface area (TPSA) is 70.7 Å². The summed E-state index contributed by atoms with van der Waals surface area (Å²) in [6.07, 6.45) is 2.44. The molecular formula is C21H25FN4O2S. The van der Waals surface area contributed by atoms with Crippen LogP contribution in [0.5, 0.6) is 0 Å². The van der Waals surface area contributed by atoms with E-state index in [-0.39, 0.29) is 17.3 Å². The first-order chi connectivity index (χ1) is 14.1. The largest absolute Gasteiger partial charge is 0.411 e. The van der Waals surface area contributed by atoms with Crippen molar-refractivity contribution in [3.05, 3.63) is 57.3 Å². The summed E-state index contributed by atoms with van der Waals surface area (Å²) in [4.78, 5) is 19.7. The summed E-state index contributed by atoms with van der Waals surface area (Å²) in [6, 6.07) is 6.09. The van der Waals surface area contributed by atoms with Crippen molar-refractivity contribution in [2.75, 3.05) is 25.4 Å². The van der Waals surface area contributed by atoms with Crippen LogP contribution in [0.3, 0.4) is 0 Å². The minimum Gasteiger partial charge on any atom is -0.411 e. The van der Waals surface area contributed by atoms with Crippen LogP contribution >= 0.6 is 11.8 Å². The van der Waals surface area contributed by atoms with E-state index in [0.29, 0.717) is 12.1 Å². The molecule has 1 aromatic carbocycles. The standard InChI is InChI=1S/C21H25FN4O2S/c1-14-18(20(27)26-12-13-29-21(26)23-14)8-11-25-9-6-16(7-10-25)19(24-28)15-2-4-17(22)5-3-15/h2-5,16,28H,6-13H2,1H3/b24-19-. The lowest BCUT2D eigenvalue weighted by Crippen LogP contribution is -2.38. The number of halogens is 1. The predicted octanol–water partition coefficient (Wildman–Crippen LogP) is 2.93. The molecular weight excluding hydrogens is 391 g/mol. The first-order valence-corrected chi connectivity index (χ1v) is 11.0. The van der Waals surface area contributed by atoms with Gasteiger partial charge in [-0.2, -0.15) is 0 Å². The fourth-order valence-electron chi connectivity index (χ4n) is 4.19. The van der Waals surface area contributed by atoms with Crippen LogP contribution in [0, 0.1) is 18.7 Å². The Labute approximate surface area is 173 Å². The molecule has 0 aliphatic carbocycles. The summed E-state index contributed by atoms with van der Waals surface area (Å²) >= 11 is 1.64. The van der Waals surface area contributed by atoms with Gasteiger partial charge in [0, 0.05) is 36.0 Å². The number of fused-ring (bicyclic) bond motifs is 1. The molecule has 1 aromatic heterocycles. The predicted molar refractivity (Wildman–Crippen MR) is 112 cm³/mol. The molecule has 0 unspecified atom stereocenters. The van der Waals surface area contributed by atoms with Crippen LogP contribution in [0.2, 0.25) is 0 Å². The summed E-state index contributed by atoms with van der Waals surface area (Å²) in [5.41, 5.74) is 3.16. The molecule has 0 saturated carbocycles. The van der Waals surface area contributed by atoms with Crippen molar-refractivity contribution in [3.8, 4) is 0 Å². The summed E-state index contributed by atoms with van der Waals surface area (Å²) in [5, 5.41) is 13.8. The number of hydrogen-bond acceptors (Lipinski definition) is 6. The molecule has 2 aliphatic heterocycles. The average Bonchev–Trinajstić information content (AvgIpc) is 3.19. The number of aromatic nitrogens is 2. The van der Waals surface area contributed by atoms with E-state index < -0.39 is 0 Å². The van der Waals surface area contributed by atoms with Crippen LogP contribution in [0.25, 0.3) is 0 Å². The maximum absolute atomic E-state index is 13.2. The Kier molecular flexibility index (Phi) is 6.01. The smallest absolute Gasteiger partial charge is 0.257 e. The van der Waals surface area contributed by atoms with Gasteiger partial charge in [-0.05, 0) is 57.0 Å². The molecule has 0 atom stereocenters. The monoisotopic (exact) mass is 416 g/mol. The highest BCUT2D eigenvalue weighted by Gasteiger charge is 2.26. The normalized spacial score (nSPS) is 18.2. The van der Waals surface area contributed by atoms with Gasteiger partial charge in [0.1, 0.15) is 5.82 Å². The molecule has 1 fully saturated rings. The second kappa shape index (κ2) is 8.67. The van der Waals surface area contributed by atoms with Crippen LogP contribution in [-0.4, -0.2) is 50.8 Å². The lowest BCUT2D eigenvalue weighted by Gasteiger charge is -2.32. The second-order valence-electron chi connectivity index (χ2n) is 7.62. The Bertz CT molecular complexity index is 966. The number of likely N-dealkylation sites (tertiary alicyclic amines) is 1. The van der Waals surface area contributed by atoms with Crippen molar-refractivity contribution in [2.24, 2.45) is 11.1 Å². The highest BCUT2D eigenvalue weighted by Crippen LogP contribution is 2.24. The molecule has 1 saturated heterocycles. The van der Waals surface area contributed by atoms with Crippen molar-refractivity contribution in [3.63, 3.8) is 0 Å². The summed E-state index contributed by atoms with van der Waals surface area (Å²) in [6.45, 7) is 5.24. The number of hydrogen-bond donors (Lipinski definition) is 1. The summed E-state index contributed by atoms with van der Waals surface area (Å²) < 4.78 is 15.0. The molecule has 2 aliphatic rings. The van der Waals surface area contributed by atoms with Crippen molar-refractivity contribution in [1.82, 2.24) is 14.5 Å². The first kappa shape index (κ1) is 20.1. The number of oxime groups is 1. The molecule has 4 rings (SSSR count). The lowest BCUT2D eigenvalue weighted by atomic mass is 9.88. The fourth-order valence-corrected chi connectivity index (χ4v) is 5.18. The maximum Gasteiger partial charge on any atom is 0.257 e. The minimum atomic E-state index is -0.299. The Hall–Kier alpha value is -2.19. The molecule has 1 N–H and O–H groups in total. The molecule has 0 amide bonds. The number of thioether (sulfide) groups is 1. The van der Waals surface area contributed by atoms with Crippen LogP contribution in [0.1, 0.15) is 29.7 Å². The molecule has 0 radical (unpaired) electrons. The van der Waals surface area contributed by atoms with Gasteiger partial charge in [0.2, 0.25) is 0 Å². The third-order valence-corrected chi connectivity index (χ3v) is 6.84. The van der Waals surface area contributed by atoms with E-state index >= 15 is 0 Å². The maximum atomic E-state index is 13.2. The van der Waals surface area contributed by atoms with E-state index in [1.165, 1.54) is 12.1 Å². The Morgan fingerprint density at radius 1 is 1.28 bits per heavy atom. The molecule has 2 aromatic rings. The highest BCUT2D eigenvalue weighted by atomic mass is 32.2. The van der Waals surface area contributed by atoms with Gasteiger partial charge in [0.05, 0.1) is 5.71 Å². The van der Waals surface area contributed by atoms with Crippen LogP contribution in [0.4, 0.5) is 4.39 Å². The SMILES string of the molecule is Cc1nc2n(c(=O)c1CCN1CCC(/C(=N\O)c3ccc(F)cc3)CC1)CCS2. The molecule has 0 spiro atoms. The quantitative estimate of drug-likeness (QED) is 0.351. The molecule has 3 heterocycles. The van der Waals surface area contributed by atoms with Gasteiger partial charge < -0.3 is 10.1 Å². The number of aryl methyl sites for hydroxylation is 1. The van der Waals surface area contributed by atoms with E-state index in [1.54, 1.807) is 28.5 Å². The number of benzene rings is 1. The van der Waals surface area contributed by atoms with Gasteiger partial charge in [-0.1, -0.05) is 29.1 Å². The average molecular weight is 417 g/mol. The van der Waals surface area contributed by atoms with Gasteiger partial charge in [-0.25, -0.2) is 9.37 Å². The van der Waals surface area contributed by atoms with E-state index in [2.05, 4.69) is 15.0 Å². The van der Waals surface area contributed by atoms with E-state index in [4.69, 9.17) is 0 Å². The molecule has 8 heteroatoms. The molecule has 0 bridgehead atoms. The molecule has 6 nitrogen and oxygen atoms in total. The van der Waals surface area contributed by atoms with Crippen LogP contribution in [0.15, 0.2) is 39.4 Å². The van der Waals surface area contributed by atoms with E-state index in [9.17, 15) is 14.4 Å². The molecule has 29 heavy (non-hydrogen) atoms. The zero-order valence-corrected chi connectivity index (χ0v) is 17.3. The van der Waals surface area contributed by atoms with Crippen LogP contribution < -0.4 is 5.56 Å². The Balaban J connectivity index is 1.36.